The molecule has 3 rings (SSSR count). The van der Waals surface area contributed by atoms with Gasteiger partial charge in [0.2, 0.25) is 0 Å². The second-order valence-corrected chi connectivity index (χ2v) is 7.18. The van der Waals surface area contributed by atoms with Crippen molar-refractivity contribution in [2.24, 2.45) is 0 Å². The Bertz CT molecular complexity index is 876. The van der Waals surface area contributed by atoms with Crippen molar-refractivity contribution in [3.63, 3.8) is 0 Å². The molecule has 0 fully saturated rings. The van der Waals surface area contributed by atoms with Crippen LogP contribution in [0.3, 0.4) is 0 Å². The van der Waals surface area contributed by atoms with Crippen molar-refractivity contribution < 1.29 is 14.4 Å². The first kappa shape index (κ1) is 19.6. The topological polar surface area (TPSA) is 96.3 Å². The molecule has 1 aliphatic heterocycles. The lowest BCUT2D eigenvalue weighted by molar-refractivity contribution is -0.140. The van der Waals surface area contributed by atoms with E-state index in [4.69, 9.17) is 0 Å². The lowest BCUT2D eigenvalue weighted by atomic mass is 10.1. The highest BCUT2D eigenvalue weighted by Crippen LogP contribution is 2.37. The summed E-state index contributed by atoms with van der Waals surface area (Å²) in [6.45, 7) is 6.81. The van der Waals surface area contributed by atoms with Gasteiger partial charge in [-0.2, -0.15) is 0 Å². The molecule has 0 radical (unpaired) electrons. The first-order valence-electron chi connectivity index (χ1n) is 9.36. The summed E-state index contributed by atoms with van der Waals surface area (Å²) in [4.78, 5) is 42.9. The lowest BCUT2D eigenvalue weighted by Gasteiger charge is -2.22. The Labute approximate surface area is 163 Å². The van der Waals surface area contributed by atoms with Crippen LogP contribution in [0.4, 0.5) is 5.69 Å². The van der Waals surface area contributed by atoms with Gasteiger partial charge in [-0.1, -0.05) is 17.7 Å². The Balaban J connectivity index is 1.60. The number of anilines is 1. The molecule has 8 heteroatoms. The number of rotatable bonds is 6. The summed E-state index contributed by atoms with van der Waals surface area (Å²) in [5.74, 6) is -1.77. The van der Waals surface area contributed by atoms with Crippen LogP contribution < -0.4 is 15.5 Å². The number of fused-ring (bicyclic) bond motifs is 1. The van der Waals surface area contributed by atoms with Crippen molar-refractivity contribution in [1.82, 2.24) is 20.2 Å². The zero-order chi connectivity index (χ0) is 20.3. The maximum Gasteiger partial charge on any atom is 0.310 e. The van der Waals surface area contributed by atoms with Crippen molar-refractivity contribution >= 4 is 23.4 Å². The molecule has 2 aromatic rings. The lowest BCUT2D eigenvalue weighted by Crippen LogP contribution is -2.45. The maximum absolute atomic E-state index is 12.8. The summed E-state index contributed by atoms with van der Waals surface area (Å²) in [5.41, 5.74) is 2.48. The van der Waals surface area contributed by atoms with Crippen molar-refractivity contribution in [2.45, 2.75) is 45.8 Å². The zero-order valence-corrected chi connectivity index (χ0v) is 16.3. The highest BCUT2D eigenvalue weighted by Gasteiger charge is 2.40. The Morgan fingerprint density at radius 1 is 1.25 bits per heavy atom. The van der Waals surface area contributed by atoms with Crippen molar-refractivity contribution in [1.29, 1.82) is 0 Å². The Morgan fingerprint density at radius 2 is 2.04 bits per heavy atom. The Hall–Kier alpha value is -3.16. The number of nitrogens with one attached hydrogen (secondary N) is 2. The van der Waals surface area contributed by atoms with E-state index in [2.05, 4.69) is 15.6 Å². The highest BCUT2D eigenvalue weighted by atomic mass is 16.2. The van der Waals surface area contributed by atoms with Crippen LogP contribution in [0, 0.1) is 6.92 Å². The molecule has 1 aliphatic rings. The van der Waals surface area contributed by atoms with Crippen LogP contribution in [-0.2, 0) is 20.9 Å². The van der Waals surface area contributed by atoms with Crippen LogP contribution >= 0.6 is 0 Å². The largest absolute Gasteiger partial charge is 0.348 e. The van der Waals surface area contributed by atoms with E-state index in [0.29, 0.717) is 19.5 Å². The average molecular weight is 383 g/mol. The fraction of sp³-hybridized carbons (Fsp3) is 0.400. The van der Waals surface area contributed by atoms with Gasteiger partial charge >= 0.3 is 11.8 Å². The van der Waals surface area contributed by atoms with E-state index in [-0.39, 0.29) is 11.9 Å². The number of carbonyl (C=O) groups is 3. The second kappa shape index (κ2) is 8.24. The van der Waals surface area contributed by atoms with E-state index in [0.717, 1.165) is 16.8 Å². The van der Waals surface area contributed by atoms with Gasteiger partial charge in [0, 0.05) is 42.8 Å². The summed E-state index contributed by atoms with van der Waals surface area (Å²) < 4.78 is 1.89. The molecule has 0 unspecified atom stereocenters. The van der Waals surface area contributed by atoms with E-state index in [9.17, 15) is 14.4 Å². The third kappa shape index (κ3) is 4.05. The molecule has 1 aromatic carbocycles. The number of imidazole rings is 1. The first-order chi connectivity index (χ1) is 13.4. The van der Waals surface area contributed by atoms with Crippen LogP contribution in [-0.4, -0.2) is 39.9 Å². The van der Waals surface area contributed by atoms with E-state index < -0.39 is 17.9 Å². The summed E-state index contributed by atoms with van der Waals surface area (Å²) in [6, 6.07) is 4.79. The van der Waals surface area contributed by atoms with Gasteiger partial charge in [-0.3, -0.25) is 14.4 Å². The van der Waals surface area contributed by atoms with E-state index in [1.807, 2.05) is 49.7 Å². The molecule has 1 atom stereocenters. The molecule has 28 heavy (non-hydrogen) atoms. The monoisotopic (exact) mass is 383 g/mol. The highest BCUT2D eigenvalue weighted by molar-refractivity contribution is 6.35. The molecule has 8 nitrogen and oxygen atoms in total. The predicted molar refractivity (Wildman–Crippen MR) is 105 cm³/mol. The average Bonchev–Trinajstić information content (AvgIpc) is 3.25. The third-order valence-electron chi connectivity index (χ3n) is 4.67. The first-order valence-corrected chi connectivity index (χ1v) is 9.36. The van der Waals surface area contributed by atoms with Crippen LogP contribution in [0.5, 0.6) is 0 Å². The molecule has 2 N–H and O–H groups in total. The molecule has 0 bridgehead atoms. The van der Waals surface area contributed by atoms with Gasteiger partial charge in [0.25, 0.3) is 5.91 Å². The number of benzene rings is 1. The normalized spacial score (nSPS) is 15.6. The third-order valence-corrected chi connectivity index (χ3v) is 4.67. The number of hydrogen-bond acceptors (Lipinski definition) is 4. The molecule has 3 amide bonds. The summed E-state index contributed by atoms with van der Waals surface area (Å²) in [6.07, 6.45) is 5.88. The summed E-state index contributed by atoms with van der Waals surface area (Å²) >= 11 is 0. The molecule has 1 aromatic heterocycles. The molecular weight excluding hydrogens is 358 g/mol. The summed E-state index contributed by atoms with van der Waals surface area (Å²) in [5, 5.41) is 5.19. The minimum absolute atomic E-state index is 0.0483. The van der Waals surface area contributed by atoms with Gasteiger partial charge in [0.15, 0.2) is 0 Å². The Morgan fingerprint density at radius 3 is 2.71 bits per heavy atom. The van der Waals surface area contributed by atoms with Gasteiger partial charge < -0.3 is 20.1 Å². The summed E-state index contributed by atoms with van der Waals surface area (Å²) in [7, 11) is 0. The van der Waals surface area contributed by atoms with Crippen molar-refractivity contribution in [2.75, 3.05) is 11.4 Å². The van der Waals surface area contributed by atoms with Gasteiger partial charge in [-0.05, 0) is 33.3 Å². The van der Waals surface area contributed by atoms with Gasteiger partial charge in [0.05, 0.1) is 6.33 Å². The van der Waals surface area contributed by atoms with Gasteiger partial charge in [0.1, 0.15) is 6.04 Å². The second-order valence-electron chi connectivity index (χ2n) is 7.18. The molecule has 2 heterocycles. The standard InChI is InChI=1S/C20H25N5O3/c1-13(2)25-16-6-5-14(3)11-15(16)17(20(25)28)23-19(27)18(26)22-7-4-9-24-10-8-21-12-24/h5-6,8,10-13,17H,4,7,9H2,1-3H3,(H,22,26)(H,23,27)/t17-/m0/s1. The number of nitrogens with zero attached hydrogens (tertiary/aromatic N) is 3. The zero-order valence-electron chi connectivity index (χ0n) is 16.3. The van der Waals surface area contributed by atoms with Crippen LogP contribution in [0.1, 0.15) is 37.4 Å². The minimum Gasteiger partial charge on any atom is -0.348 e. The number of aryl methyl sites for hydroxylation is 2. The quantitative estimate of drug-likeness (QED) is 0.581. The van der Waals surface area contributed by atoms with Gasteiger partial charge in [-0.25, -0.2) is 4.98 Å². The minimum atomic E-state index is -0.846. The Kier molecular flexibility index (Phi) is 5.77. The van der Waals surface area contributed by atoms with Crippen molar-refractivity contribution in [3.8, 4) is 0 Å². The van der Waals surface area contributed by atoms with E-state index in [1.165, 1.54) is 0 Å². The number of carbonyl (C=O) groups excluding carboxylic acids is 3. The van der Waals surface area contributed by atoms with Gasteiger partial charge in [-0.15, -0.1) is 0 Å². The molecular formula is C20H25N5O3. The fourth-order valence-corrected chi connectivity index (χ4v) is 3.35. The van der Waals surface area contributed by atoms with Crippen molar-refractivity contribution in [3.05, 3.63) is 48.0 Å². The van der Waals surface area contributed by atoms with Crippen LogP contribution in [0.2, 0.25) is 0 Å². The molecule has 0 aliphatic carbocycles. The predicted octanol–water partition coefficient (Wildman–Crippen LogP) is 1.31. The SMILES string of the molecule is Cc1ccc2c(c1)[C@H](NC(=O)C(=O)NCCCn1ccnc1)C(=O)N2C(C)C. The fourth-order valence-electron chi connectivity index (χ4n) is 3.35. The number of aromatic nitrogens is 2. The molecule has 0 saturated carbocycles. The maximum atomic E-state index is 12.8. The number of hydrogen-bond donors (Lipinski definition) is 2. The molecule has 148 valence electrons. The van der Waals surface area contributed by atoms with E-state index >= 15 is 0 Å². The van der Waals surface area contributed by atoms with Crippen LogP contribution in [0.15, 0.2) is 36.9 Å². The smallest absolute Gasteiger partial charge is 0.310 e. The molecule has 0 saturated heterocycles. The molecule has 0 spiro atoms. The van der Waals surface area contributed by atoms with Crippen LogP contribution in [0.25, 0.3) is 0 Å². The number of amides is 3. The van der Waals surface area contributed by atoms with E-state index in [1.54, 1.807) is 17.4 Å².